The van der Waals surface area contributed by atoms with E-state index in [4.69, 9.17) is 4.74 Å². The van der Waals surface area contributed by atoms with Gasteiger partial charge in [0.25, 0.3) is 5.91 Å². The fourth-order valence-electron chi connectivity index (χ4n) is 2.82. The third-order valence-electron chi connectivity index (χ3n) is 4.13. The Hall–Kier alpha value is -3.35. The summed E-state index contributed by atoms with van der Waals surface area (Å²) in [6.45, 7) is 1.15. The van der Waals surface area contributed by atoms with Crippen molar-refractivity contribution in [3.63, 3.8) is 0 Å². The van der Waals surface area contributed by atoms with E-state index in [1.54, 1.807) is 41.6 Å². The smallest absolute Gasteiger partial charge is 0.258 e. The third kappa shape index (κ3) is 3.23. The van der Waals surface area contributed by atoms with Crippen LogP contribution < -0.4 is 4.74 Å². The zero-order valence-corrected chi connectivity index (χ0v) is 13.8. The second-order valence-corrected chi connectivity index (χ2v) is 5.82. The van der Waals surface area contributed by atoms with Crippen LogP contribution in [0.3, 0.4) is 0 Å². The molecule has 4 rings (SSSR count). The molecule has 0 spiro atoms. The molecule has 130 valence electrons. The fourth-order valence-corrected chi connectivity index (χ4v) is 2.82. The average molecular weight is 350 g/mol. The van der Waals surface area contributed by atoms with E-state index in [1.165, 1.54) is 12.3 Å². The molecule has 1 aromatic carbocycles. The Morgan fingerprint density at radius 3 is 2.65 bits per heavy atom. The van der Waals surface area contributed by atoms with E-state index in [-0.39, 0.29) is 5.91 Å². The Kier molecular flexibility index (Phi) is 4.27. The number of nitrogens with zero attached hydrogens (tertiary/aromatic N) is 4. The molecule has 26 heavy (non-hydrogen) atoms. The molecule has 0 fully saturated rings. The fraction of sp³-hybridized carbons (Fsp3) is 0.158. The van der Waals surface area contributed by atoms with Crippen LogP contribution >= 0.6 is 0 Å². The van der Waals surface area contributed by atoms with Crippen LogP contribution in [0.15, 0.2) is 55.0 Å². The van der Waals surface area contributed by atoms with Crippen molar-refractivity contribution in [2.75, 3.05) is 13.2 Å². The molecule has 2 aromatic heterocycles. The van der Waals surface area contributed by atoms with Crippen molar-refractivity contribution in [3.05, 3.63) is 72.3 Å². The second kappa shape index (κ2) is 6.87. The van der Waals surface area contributed by atoms with E-state index in [0.29, 0.717) is 36.8 Å². The molecule has 0 aliphatic carbocycles. The van der Waals surface area contributed by atoms with Crippen molar-refractivity contribution < 1.29 is 13.9 Å². The largest absolute Gasteiger partial charge is 0.491 e. The number of aromatic nitrogens is 3. The predicted octanol–water partition coefficient (Wildman–Crippen LogP) is 2.71. The molecule has 3 heterocycles. The second-order valence-electron chi connectivity index (χ2n) is 5.82. The number of rotatable bonds is 3. The first-order valence-electron chi connectivity index (χ1n) is 8.14. The molecule has 7 heteroatoms. The maximum absolute atomic E-state index is 13.0. The maximum Gasteiger partial charge on any atom is 0.258 e. The monoisotopic (exact) mass is 350 g/mol. The van der Waals surface area contributed by atoms with Crippen LogP contribution in [0.5, 0.6) is 5.75 Å². The van der Waals surface area contributed by atoms with Gasteiger partial charge in [-0.05, 0) is 35.9 Å². The maximum atomic E-state index is 13.0. The van der Waals surface area contributed by atoms with Crippen LogP contribution in [0.4, 0.5) is 4.39 Å². The summed E-state index contributed by atoms with van der Waals surface area (Å²) in [6.07, 6.45) is 4.73. The Bertz CT molecular complexity index is 932. The summed E-state index contributed by atoms with van der Waals surface area (Å²) in [4.78, 5) is 26.7. The van der Waals surface area contributed by atoms with Crippen molar-refractivity contribution >= 4 is 5.91 Å². The van der Waals surface area contributed by atoms with Gasteiger partial charge in [0.15, 0.2) is 0 Å². The van der Waals surface area contributed by atoms with Gasteiger partial charge in [-0.1, -0.05) is 6.07 Å². The molecule has 1 amide bonds. The van der Waals surface area contributed by atoms with Crippen LogP contribution in [-0.4, -0.2) is 38.9 Å². The molecule has 0 unspecified atom stereocenters. The Morgan fingerprint density at radius 2 is 1.88 bits per heavy atom. The molecule has 0 saturated heterocycles. The summed E-state index contributed by atoms with van der Waals surface area (Å²) >= 11 is 0. The normalized spacial score (nSPS) is 13.7. The average Bonchev–Trinajstić information content (AvgIpc) is 2.82. The minimum Gasteiger partial charge on any atom is -0.491 e. The Morgan fingerprint density at radius 1 is 1.08 bits per heavy atom. The molecule has 0 radical (unpaired) electrons. The number of carbonyl (C=O) groups is 1. The van der Waals surface area contributed by atoms with Crippen LogP contribution in [0.1, 0.15) is 16.2 Å². The lowest BCUT2D eigenvalue weighted by molar-refractivity contribution is 0.0738. The van der Waals surface area contributed by atoms with E-state index < -0.39 is 5.95 Å². The summed E-state index contributed by atoms with van der Waals surface area (Å²) in [5.41, 5.74) is 1.95. The first kappa shape index (κ1) is 16.1. The molecule has 0 atom stereocenters. The number of fused-ring (bicyclic) bond motifs is 1. The van der Waals surface area contributed by atoms with Gasteiger partial charge in [0, 0.05) is 24.2 Å². The van der Waals surface area contributed by atoms with Crippen molar-refractivity contribution in [1.82, 2.24) is 19.9 Å². The summed E-state index contributed by atoms with van der Waals surface area (Å²) in [6, 6.07) is 9.98. The standard InChI is InChI=1S/C19H15FN4O2/c20-17-5-3-14(11-23-17)13-2-4-16-15(10-13)19(25)24(8-9-26-16)12-18-21-6-1-7-22-18/h1-7,10-11H,8-9,12H2. The molecular formula is C19H15FN4O2. The number of hydrogen-bond acceptors (Lipinski definition) is 5. The van der Waals surface area contributed by atoms with E-state index in [2.05, 4.69) is 15.0 Å². The summed E-state index contributed by atoms with van der Waals surface area (Å²) < 4.78 is 18.8. The Balaban J connectivity index is 1.66. The van der Waals surface area contributed by atoms with Gasteiger partial charge < -0.3 is 9.64 Å². The van der Waals surface area contributed by atoms with E-state index in [9.17, 15) is 9.18 Å². The topological polar surface area (TPSA) is 68.2 Å². The molecule has 0 bridgehead atoms. The highest BCUT2D eigenvalue weighted by atomic mass is 19.1. The van der Waals surface area contributed by atoms with Gasteiger partial charge in [-0.2, -0.15) is 4.39 Å². The predicted molar refractivity (Wildman–Crippen MR) is 91.9 cm³/mol. The van der Waals surface area contributed by atoms with Crippen LogP contribution in [0.2, 0.25) is 0 Å². The molecule has 1 aliphatic heterocycles. The van der Waals surface area contributed by atoms with Crippen molar-refractivity contribution in [2.24, 2.45) is 0 Å². The third-order valence-corrected chi connectivity index (χ3v) is 4.13. The van der Waals surface area contributed by atoms with Gasteiger partial charge in [-0.3, -0.25) is 4.79 Å². The number of halogens is 1. The SMILES string of the molecule is O=C1c2cc(-c3ccc(F)nc3)ccc2OCCN1Cc1ncccn1. The number of carbonyl (C=O) groups excluding carboxylic acids is 1. The van der Waals surface area contributed by atoms with Crippen molar-refractivity contribution in [1.29, 1.82) is 0 Å². The highest BCUT2D eigenvalue weighted by Gasteiger charge is 2.24. The minimum atomic E-state index is -0.544. The summed E-state index contributed by atoms with van der Waals surface area (Å²) in [5, 5.41) is 0. The first-order valence-corrected chi connectivity index (χ1v) is 8.14. The number of benzene rings is 1. The van der Waals surface area contributed by atoms with Crippen LogP contribution in [-0.2, 0) is 6.54 Å². The van der Waals surface area contributed by atoms with Gasteiger partial charge in [-0.15, -0.1) is 0 Å². The highest BCUT2D eigenvalue weighted by molar-refractivity contribution is 5.98. The Labute approximate surface area is 149 Å². The van der Waals surface area contributed by atoms with Gasteiger partial charge in [0.1, 0.15) is 18.2 Å². The van der Waals surface area contributed by atoms with Crippen molar-refractivity contribution in [2.45, 2.75) is 6.54 Å². The lowest BCUT2D eigenvalue weighted by Gasteiger charge is -2.19. The minimum absolute atomic E-state index is 0.151. The molecule has 0 N–H and O–H groups in total. The molecule has 1 aliphatic rings. The van der Waals surface area contributed by atoms with Crippen LogP contribution in [0.25, 0.3) is 11.1 Å². The lowest BCUT2D eigenvalue weighted by atomic mass is 10.0. The van der Waals surface area contributed by atoms with Gasteiger partial charge in [0.05, 0.1) is 18.7 Å². The van der Waals surface area contributed by atoms with Crippen LogP contribution in [0, 0.1) is 5.95 Å². The zero-order chi connectivity index (χ0) is 17.9. The molecule has 6 nitrogen and oxygen atoms in total. The van der Waals surface area contributed by atoms with Gasteiger partial charge in [0.2, 0.25) is 5.95 Å². The quantitative estimate of drug-likeness (QED) is 0.680. The van der Waals surface area contributed by atoms with E-state index >= 15 is 0 Å². The van der Waals surface area contributed by atoms with Crippen molar-refractivity contribution in [3.8, 4) is 16.9 Å². The number of hydrogen-bond donors (Lipinski definition) is 0. The summed E-state index contributed by atoms with van der Waals surface area (Å²) in [7, 11) is 0. The number of amides is 1. The van der Waals surface area contributed by atoms with E-state index in [1.807, 2.05) is 6.07 Å². The summed E-state index contributed by atoms with van der Waals surface area (Å²) in [5.74, 6) is 0.410. The highest BCUT2D eigenvalue weighted by Crippen LogP contribution is 2.29. The van der Waals surface area contributed by atoms with Gasteiger partial charge >= 0.3 is 0 Å². The van der Waals surface area contributed by atoms with Gasteiger partial charge in [-0.25, -0.2) is 15.0 Å². The molecular weight excluding hydrogens is 335 g/mol. The molecule has 3 aromatic rings. The number of pyridine rings is 1. The first-order chi connectivity index (χ1) is 12.7. The lowest BCUT2D eigenvalue weighted by Crippen LogP contribution is -2.32. The zero-order valence-electron chi connectivity index (χ0n) is 13.8. The molecule has 0 saturated carbocycles. The number of ether oxygens (including phenoxy) is 1. The van der Waals surface area contributed by atoms with E-state index in [0.717, 1.165) is 11.1 Å².